The number of H-pyrrole nitrogens is 1. The van der Waals surface area contributed by atoms with E-state index in [2.05, 4.69) is 10.2 Å². The molecule has 1 saturated heterocycles. The summed E-state index contributed by atoms with van der Waals surface area (Å²) in [5, 5.41) is 17.9. The van der Waals surface area contributed by atoms with Gasteiger partial charge < -0.3 is 4.90 Å². The van der Waals surface area contributed by atoms with Gasteiger partial charge in [0.1, 0.15) is 11.5 Å². The highest BCUT2D eigenvalue weighted by atomic mass is 19.1. The number of hydrogen-bond donors (Lipinski definition) is 1. The van der Waals surface area contributed by atoms with Crippen LogP contribution in [0.3, 0.4) is 0 Å². The van der Waals surface area contributed by atoms with Crippen LogP contribution in [0, 0.1) is 15.9 Å². The molecule has 0 amide bonds. The quantitative estimate of drug-likeness (QED) is 0.691. The number of nitro benzene ring substituents is 1. The average Bonchev–Trinajstić information content (AvgIpc) is 3.09. The van der Waals surface area contributed by atoms with E-state index in [0.717, 1.165) is 24.6 Å². The second-order valence-electron chi connectivity index (χ2n) is 4.75. The number of benzene rings is 1. The Morgan fingerprint density at radius 2 is 2.30 bits per heavy atom. The summed E-state index contributed by atoms with van der Waals surface area (Å²) in [6, 6.07) is 5.57. The number of nitrogens with one attached hydrogen (secondary N) is 1. The van der Waals surface area contributed by atoms with Gasteiger partial charge in [0.15, 0.2) is 0 Å². The van der Waals surface area contributed by atoms with Gasteiger partial charge in [-0.2, -0.15) is 5.10 Å². The number of nitrogens with zero attached hydrogens (tertiary/aromatic N) is 3. The molecular formula is C13H13FN4O2. The van der Waals surface area contributed by atoms with Crippen molar-refractivity contribution in [2.75, 3.05) is 11.4 Å². The zero-order valence-corrected chi connectivity index (χ0v) is 10.6. The topological polar surface area (TPSA) is 75.1 Å². The summed E-state index contributed by atoms with van der Waals surface area (Å²) in [5.41, 5.74) is 1.17. The molecule has 1 aromatic carbocycles. The molecule has 1 atom stereocenters. The molecule has 6 nitrogen and oxygen atoms in total. The molecule has 20 heavy (non-hydrogen) atoms. The molecule has 0 aliphatic carbocycles. The monoisotopic (exact) mass is 276 g/mol. The van der Waals surface area contributed by atoms with E-state index in [-0.39, 0.29) is 11.7 Å². The first-order valence-corrected chi connectivity index (χ1v) is 6.36. The van der Waals surface area contributed by atoms with Crippen molar-refractivity contribution in [2.45, 2.75) is 18.9 Å². The first-order valence-electron chi connectivity index (χ1n) is 6.36. The Bertz CT molecular complexity index is 629. The van der Waals surface area contributed by atoms with E-state index in [1.165, 1.54) is 12.1 Å². The molecule has 0 bridgehead atoms. The van der Waals surface area contributed by atoms with Crippen LogP contribution < -0.4 is 4.90 Å². The number of nitro groups is 1. The second-order valence-corrected chi connectivity index (χ2v) is 4.75. The van der Waals surface area contributed by atoms with Crippen LogP contribution in [-0.4, -0.2) is 21.7 Å². The molecule has 2 aromatic rings. The molecule has 1 aliphatic rings. The highest BCUT2D eigenvalue weighted by Gasteiger charge is 2.31. The maximum atomic E-state index is 13.2. The van der Waals surface area contributed by atoms with Gasteiger partial charge >= 0.3 is 0 Å². The summed E-state index contributed by atoms with van der Waals surface area (Å²) in [5.74, 6) is -0.599. The number of halogens is 1. The van der Waals surface area contributed by atoms with Crippen molar-refractivity contribution in [3.8, 4) is 0 Å². The van der Waals surface area contributed by atoms with E-state index < -0.39 is 10.7 Å². The van der Waals surface area contributed by atoms with Crippen molar-refractivity contribution in [1.82, 2.24) is 10.2 Å². The normalized spacial score (nSPS) is 18.4. The molecule has 7 heteroatoms. The maximum absolute atomic E-state index is 13.2. The minimum absolute atomic E-state index is 0.0154. The van der Waals surface area contributed by atoms with Crippen molar-refractivity contribution >= 4 is 11.4 Å². The number of anilines is 1. The Labute approximate surface area is 114 Å². The predicted octanol–water partition coefficient (Wildman–Crippen LogP) is 2.80. The molecule has 3 rings (SSSR count). The van der Waals surface area contributed by atoms with Crippen LogP contribution in [0.1, 0.15) is 24.6 Å². The van der Waals surface area contributed by atoms with E-state index in [1.54, 1.807) is 6.20 Å². The van der Waals surface area contributed by atoms with Crippen LogP contribution in [0.2, 0.25) is 0 Å². The van der Waals surface area contributed by atoms with Gasteiger partial charge in [-0.05, 0) is 31.0 Å². The maximum Gasteiger partial charge on any atom is 0.295 e. The van der Waals surface area contributed by atoms with Crippen LogP contribution in [-0.2, 0) is 0 Å². The highest BCUT2D eigenvalue weighted by Crippen LogP contribution is 2.39. The van der Waals surface area contributed by atoms with Crippen LogP contribution in [0.4, 0.5) is 15.8 Å². The van der Waals surface area contributed by atoms with E-state index >= 15 is 0 Å². The highest BCUT2D eigenvalue weighted by molar-refractivity contribution is 5.64. The molecular weight excluding hydrogens is 263 g/mol. The summed E-state index contributed by atoms with van der Waals surface area (Å²) < 4.78 is 13.2. The minimum atomic E-state index is -0.599. The van der Waals surface area contributed by atoms with Crippen molar-refractivity contribution in [3.63, 3.8) is 0 Å². The van der Waals surface area contributed by atoms with Gasteiger partial charge in [-0.25, -0.2) is 4.39 Å². The molecule has 0 unspecified atom stereocenters. The van der Waals surface area contributed by atoms with Gasteiger partial charge in [0.25, 0.3) is 5.69 Å². The Balaban J connectivity index is 2.02. The van der Waals surface area contributed by atoms with Crippen molar-refractivity contribution < 1.29 is 9.31 Å². The Morgan fingerprint density at radius 3 is 3.00 bits per heavy atom. The summed E-state index contributed by atoms with van der Waals surface area (Å²) in [6.45, 7) is 0.705. The van der Waals surface area contributed by atoms with E-state index in [0.29, 0.717) is 12.2 Å². The van der Waals surface area contributed by atoms with Crippen molar-refractivity contribution in [3.05, 3.63) is 52.1 Å². The predicted molar refractivity (Wildman–Crippen MR) is 71.0 cm³/mol. The average molecular weight is 276 g/mol. The summed E-state index contributed by atoms with van der Waals surface area (Å²) in [7, 11) is 0. The second kappa shape index (κ2) is 4.92. The van der Waals surface area contributed by atoms with Gasteiger partial charge in [-0.1, -0.05) is 0 Å². The van der Waals surface area contributed by atoms with Gasteiger partial charge in [-0.15, -0.1) is 0 Å². The molecule has 1 fully saturated rings. The molecule has 1 aliphatic heterocycles. The zero-order valence-electron chi connectivity index (χ0n) is 10.6. The third-order valence-electron chi connectivity index (χ3n) is 3.58. The van der Waals surface area contributed by atoms with Crippen LogP contribution in [0.25, 0.3) is 0 Å². The third kappa shape index (κ3) is 2.11. The number of aromatic nitrogens is 2. The lowest BCUT2D eigenvalue weighted by Crippen LogP contribution is -2.23. The SMILES string of the molecule is O=[N+]([O-])c1cc(F)ccc1N1CCC[C@@H]1c1ccn[nH]1. The first kappa shape index (κ1) is 12.6. The smallest absolute Gasteiger partial charge is 0.295 e. The van der Waals surface area contributed by atoms with E-state index in [1.807, 2.05) is 11.0 Å². The molecule has 104 valence electrons. The lowest BCUT2D eigenvalue weighted by Gasteiger charge is -2.25. The van der Waals surface area contributed by atoms with Gasteiger partial charge in [0.2, 0.25) is 0 Å². The van der Waals surface area contributed by atoms with Crippen LogP contribution in [0.15, 0.2) is 30.5 Å². The summed E-state index contributed by atoms with van der Waals surface area (Å²) in [6.07, 6.45) is 3.47. The Morgan fingerprint density at radius 1 is 1.45 bits per heavy atom. The van der Waals surface area contributed by atoms with E-state index in [9.17, 15) is 14.5 Å². The molecule has 0 saturated carbocycles. The molecule has 0 radical (unpaired) electrons. The van der Waals surface area contributed by atoms with Crippen molar-refractivity contribution in [2.24, 2.45) is 0 Å². The summed E-state index contributed by atoms with van der Waals surface area (Å²) in [4.78, 5) is 12.5. The van der Waals surface area contributed by atoms with Crippen LogP contribution in [0.5, 0.6) is 0 Å². The van der Waals surface area contributed by atoms with Gasteiger partial charge in [0, 0.05) is 12.7 Å². The number of hydrogen-bond acceptors (Lipinski definition) is 4. The number of aromatic amines is 1. The fourth-order valence-corrected chi connectivity index (χ4v) is 2.72. The molecule has 2 heterocycles. The van der Waals surface area contributed by atoms with Crippen LogP contribution >= 0.6 is 0 Å². The zero-order chi connectivity index (χ0) is 14.1. The molecule has 0 spiro atoms. The lowest BCUT2D eigenvalue weighted by atomic mass is 10.1. The van der Waals surface area contributed by atoms with Gasteiger partial charge in [-0.3, -0.25) is 15.2 Å². The molecule has 1 aromatic heterocycles. The molecule has 1 N–H and O–H groups in total. The number of rotatable bonds is 3. The van der Waals surface area contributed by atoms with Gasteiger partial charge in [0.05, 0.1) is 22.7 Å². The van der Waals surface area contributed by atoms with Crippen molar-refractivity contribution in [1.29, 1.82) is 0 Å². The first-order chi connectivity index (χ1) is 9.66. The van der Waals surface area contributed by atoms with E-state index in [4.69, 9.17) is 0 Å². The summed E-state index contributed by atoms with van der Waals surface area (Å²) >= 11 is 0. The minimum Gasteiger partial charge on any atom is -0.357 e. The fourth-order valence-electron chi connectivity index (χ4n) is 2.72. The Kier molecular flexibility index (Phi) is 3.09. The lowest BCUT2D eigenvalue weighted by molar-refractivity contribution is -0.384. The Hall–Kier alpha value is -2.44. The fraction of sp³-hybridized carbons (Fsp3) is 0.308. The largest absolute Gasteiger partial charge is 0.357 e. The third-order valence-corrected chi connectivity index (χ3v) is 3.58. The standard InChI is InChI=1S/C13H13FN4O2/c14-9-3-4-12(13(8-9)18(19)20)17-7-1-2-11(17)10-5-6-15-16-10/h3-6,8,11H,1-2,7H2,(H,15,16)/t11-/m1/s1.